The molecule has 0 spiro atoms. The zero-order valence-electron chi connectivity index (χ0n) is 18.6. The van der Waals surface area contributed by atoms with Crippen molar-refractivity contribution in [3.63, 3.8) is 0 Å². The number of sulfonamides is 1. The van der Waals surface area contributed by atoms with Crippen LogP contribution in [0.25, 0.3) is 0 Å². The van der Waals surface area contributed by atoms with Crippen molar-refractivity contribution in [1.82, 2.24) is 14.9 Å². The number of hydrogen-bond donors (Lipinski definition) is 2. The molecule has 2 N–H and O–H groups in total. The molecule has 0 radical (unpaired) electrons. The van der Waals surface area contributed by atoms with Crippen molar-refractivity contribution >= 4 is 40.0 Å². The van der Waals surface area contributed by atoms with Gasteiger partial charge in [-0.25, -0.2) is 8.42 Å². The minimum atomic E-state index is -3.39. The average molecular weight is 574 g/mol. The maximum absolute atomic E-state index is 12.6. The van der Waals surface area contributed by atoms with Crippen molar-refractivity contribution in [3.05, 3.63) is 53.6 Å². The van der Waals surface area contributed by atoms with Crippen LogP contribution in [0.5, 0.6) is 11.5 Å². The maximum atomic E-state index is 12.6. The van der Waals surface area contributed by atoms with E-state index in [-0.39, 0.29) is 24.0 Å². The van der Waals surface area contributed by atoms with Gasteiger partial charge < -0.3 is 20.1 Å². The summed E-state index contributed by atoms with van der Waals surface area (Å²) < 4.78 is 37.5. The third kappa shape index (κ3) is 6.48. The second kappa shape index (κ2) is 12.3. The van der Waals surface area contributed by atoms with E-state index in [1.165, 1.54) is 0 Å². The number of guanidine groups is 1. The van der Waals surface area contributed by atoms with Gasteiger partial charge in [0.05, 0.1) is 19.1 Å². The Balaban J connectivity index is 0.00000363. The number of hydrogen-bond acceptors (Lipinski definition) is 5. The van der Waals surface area contributed by atoms with Gasteiger partial charge in [-0.3, -0.25) is 4.99 Å². The van der Waals surface area contributed by atoms with Gasteiger partial charge in [0.25, 0.3) is 0 Å². The summed E-state index contributed by atoms with van der Waals surface area (Å²) >= 11 is 0. The Bertz CT molecular complexity index is 1010. The Labute approximate surface area is 207 Å². The molecule has 2 aromatic carbocycles. The lowest BCUT2D eigenvalue weighted by atomic mass is 10.2. The van der Waals surface area contributed by atoms with E-state index in [0.29, 0.717) is 37.0 Å². The fourth-order valence-electron chi connectivity index (χ4n) is 3.44. The molecule has 0 unspecified atom stereocenters. The molecular formula is C22H31IN4O4S. The van der Waals surface area contributed by atoms with Gasteiger partial charge in [0.15, 0.2) is 5.96 Å². The van der Waals surface area contributed by atoms with Crippen LogP contribution in [0.15, 0.2) is 52.4 Å². The highest BCUT2D eigenvalue weighted by Crippen LogP contribution is 2.24. The lowest BCUT2D eigenvalue weighted by Crippen LogP contribution is -2.36. The van der Waals surface area contributed by atoms with E-state index in [1.54, 1.807) is 37.7 Å². The third-order valence-electron chi connectivity index (χ3n) is 5.25. The second-order valence-corrected chi connectivity index (χ2v) is 9.15. The first-order chi connectivity index (χ1) is 15.0. The van der Waals surface area contributed by atoms with E-state index in [9.17, 15) is 8.42 Å². The monoisotopic (exact) mass is 574 g/mol. The van der Waals surface area contributed by atoms with E-state index < -0.39 is 10.0 Å². The fourth-order valence-corrected chi connectivity index (χ4v) is 4.96. The Hall–Kier alpha value is -2.05. The highest BCUT2D eigenvalue weighted by Gasteiger charge is 2.26. The zero-order chi connectivity index (χ0) is 22.3. The van der Waals surface area contributed by atoms with Crippen molar-refractivity contribution in [2.45, 2.75) is 30.8 Å². The summed E-state index contributed by atoms with van der Waals surface area (Å²) in [7, 11) is 1.56. The van der Waals surface area contributed by atoms with E-state index in [4.69, 9.17) is 9.47 Å². The van der Waals surface area contributed by atoms with Crippen molar-refractivity contribution in [2.24, 2.45) is 4.99 Å². The van der Waals surface area contributed by atoms with Gasteiger partial charge in [0.1, 0.15) is 11.5 Å². The summed E-state index contributed by atoms with van der Waals surface area (Å²) in [6.07, 6.45) is 1.85. The van der Waals surface area contributed by atoms with Crippen LogP contribution in [-0.2, 0) is 23.1 Å². The average Bonchev–Trinajstić information content (AvgIpc) is 3.35. The minimum Gasteiger partial charge on any atom is -0.497 e. The van der Waals surface area contributed by atoms with Crippen LogP contribution in [0.2, 0.25) is 0 Å². The number of halogens is 1. The van der Waals surface area contributed by atoms with Crippen molar-refractivity contribution in [3.8, 4) is 11.5 Å². The maximum Gasteiger partial charge on any atom is 0.243 e. The van der Waals surface area contributed by atoms with Crippen LogP contribution < -0.4 is 20.1 Å². The molecule has 0 atom stereocenters. The number of nitrogens with one attached hydrogen (secondary N) is 2. The summed E-state index contributed by atoms with van der Waals surface area (Å²) in [6.45, 7) is 2.25. The molecule has 8 nitrogen and oxygen atoms in total. The highest BCUT2D eigenvalue weighted by atomic mass is 127. The summed E-state index contributed by atoms with van der Waals surface area (Å²) in [4.78, 5) is 4.58. The van der Waals surface area contributed by atoms with Crippen LogP contribution in [0, 0.1) is 0 Å². The first kappa shape index (κ1) is 26.2. The van der Waals surface area contributed by atoms with Crippen LogP contribution in [0.1, 0.15) is 24.0 Å². The molecule has 32 heavy (non-hydrogen) atoms. The molecule has 0 amide bonds. The van der Waals surface area contributed by atoms with Crippen LogP contribution in [0.4, 0.5) is 0 Å². The summed E-state index contributed by atoms with van der Waals surface area (Å²) in [6, 6.07) is 12.7. The normalized spacial score (nSPS) is 14.5. The summed E-state index contributed by atoms with van der Waals surface area (Å²) in [5.74, 6) is 2.10. The van der Waals surface area contributed by atoms with E-state index in [0.717, 1.165) is 35.5 Å². The van der Waals surface area contributed by atoms with Crippen molar-refractivity contribution < 1.29 is 17.9 Å². The second-order valence-electron chi connectivity index (χ2n) is 7.21. The SMILES string of the molecule is CN=C(NCc1ccc(S(=O)(=O)N2CCCC2)cc1)NCc1ccc(OC)cc1OC.I. The minimum absolute atomic E-state index is 0. The number of rotatable bonds is 8. The third-order valence-corrected chi connectivity index (χ3v) is 7.16. The Morgan fingerprint density at radius 2 is 1.66 bits per heavy atom. The first-order valence-electron chi connectivity index (χ1n) is 10.2. The molecule has 176 valence electrons. The molecule has 0 aromatic heterocycles. The molecule has 3 rings (SSSR count). The van der Waals surface area contributed by atoms with Gasteiger partial charge >= 0.3 is 0 Å². The van der Waals surface area contributed by atoms with E-state index >= 15 is 0 Å². The molecule has 0 aliphatic carbocycles. The molecule has 0 saturated carbocycles. The predicted octanol–water partition coefficient (Wildman–Crippen LogP) is 2.97. The smallest absolute Gasteiger partial charge is 0.243 e. The van der Waals surface area contributed by atoms with Gasteiger partial charge in [0, 0.05) is 44.9 Å². The Morgan fingerprint density at radius 3 is 2.25 bits per heavy atom. The Kier molecular flexibility index (Phi) is 10.0. The molecule has 0 bridgehead atoms. The lowest BCUT2D eigenvalue weighted by Gasteiger charge is -2.16. The van der Waals surface area contributed by atoms with Crippen LogP contribution >= 0.6 is 24.0 Å². The zero-order valence-corrected chi connectivity index (χ0v) is 21.8. The number of nitrogens with zero attached hydrogens (tertiary/aromatic N) is 2. The van der Waals surface area contributed by atoms with Gasteiger partial charge in [-0.05, 0) is 42.7 Å². The molecule has 1 heterocycles. The molecule has 10 heteroatoms. The van der Waals surface area contributed by atoms with Gasteiger partial charge in [-0.1, -0.05) is 12.1 Å². The molecular weight excluding hydrogens is 543 g/mol. The number of aliphatic imine (C=N–C) groups is 1. The molecule has 2 aromatic rings. The molecule has 1 fully saturated rings. The van der Waals surface area contributed by atoms with Crippen LogP contribution in [0.3, 0.4) is 0 Å². The number of methoxy groups -OCH3 is 2. The Morgan fingerprint density at radius 1 is 1.00 bits per heavy atom. The molecule has 1 aliphatic heterocycles. The van der Waals surface area contributed by atoms with Gasteiger partial charge in [0.2, 0.25) is 10.0 Å². The topological polar surface area (TPSA) is 92.3 Å². The van der Waals surface area contributed by atoms with Crippen molar-refractivity contribution in [1.29, 1.82) is 0 Å². The standard InChI is InChI=1S/C22H30N4O4S.HI/c1-23-22(25-16-18-8-9-19(29-2)14-21(18)30-3)24-15-17-6-10-20(11-7-17)31(27,28)26-12-4-5-13-26;/h6-11,14H,4-5,12-13,15-16H2,1-3H3,(H2,23,24,25);1H. The van der Waals surface area contributed by atoms with Crippen LogP contribution in [-0.4, -0.2) is 53.0 Å². The molecule has 1 saturated heterocycles. The lowest BCUT2D eigenvalue weighted by molar-refractivity contribution is 0.390. The first-order valence-corrected chi connectivity index (χ1v) is 11.7. The van der Waals surface area contributed by atoms with E-state index in [2.05, 4.69) is 15.6 Å². The number of benzene rings is 2. The highest BCUT2D eigenvalue weighted by molar-refractivity contribution is 14.0. The summed E-state index contributed by atoms with van der Waals surface area (Å²) in [5.41, 5.74) is 1.94. The predicted molar refractivity (Wildman–Crippen MR) is 136 cm³/mol. The number of ether oxygens (including phenoxy) is 2. The van der Waals surface area contributed by atoms with Gasteiger partial charge in [-0.2, -0.15) is 4.31 Å². The fraction of sp³-hybridized carbons (Fsp3) is 0.409. The van der Waals surface area contributed by atoms with Crippen molar-refractivity contribution in [2.75, 3.05) is 34.4 Å². The quantitative estimate of drug-likeness (QED) is 0.286. The van der Waals surface area contributed by atoms with Gasteiger partial charge in [-0.15, -0.1) is 24.0 Å². The largest absolute Gasteiger partial charge is 0.497 e. The molecule has 1 aliphatic rings. The summed E-state index contributed by atoms with van der Waals surface area (Å²) in [5, 5.41) is 6.50. The van der Waals surface area contributed by atoms with E-state index in [1.807, 2.05) is 30.3 Å².